The van der Waals surface area contributed by atoms with E-state index in [0.717, 1.165) is 43.9 Å². The minimum absolute atomic E-state index is 0. The van der Waals surface area contributed by atoms with E-state index >= 15 is 0 Å². The third kappa shape index (κ3) is 5.29. The number of anilines is 1. The molecule has 112 valence electrons. The quantitative estimate of drug-likeness (QED) is 0.899. The molecule has 1 aliphatic heterocycles. The Morgan fingerprint density at radius 3 is 2.95 bits per heavy atom. The van der Waals surface area contributed by atoms with Crippen LogP contribution in [-0.2, 0) is 4.79 Å². The molecule has 2 N–H and O–H groups in total. The molecule has 0 unspecified atom stereocenters. The van der Waals surface area contributed by atoms with Crippen LogP contribution in [0.1, 0.15) is 12.0 Å². The second-order valence-electron chi connectivity index (χ2n) is 4.89. The fraction of sp³-hybridized carbons (Fsp3) is 0.500. The fourth-order valence-corrected chi connectivity index (χ4v) is 2.45. The molecule has 0 atom stereocenters. The second kappa shape index (κ2) is 8.47. The summed E-state index contributed by atoms with van der Waals surface area (Å²) in [7, 11) is 0. The van der Waals surface area contributed by atoms with E-state index in [-0.39, 0.29) is 18.3 Å². The zero-order valence-corrected chi connectivity index (χ0v) is 13.2. The Balaban J connectivity index is 0.00000200. The van der Waals surface area contributed by atoms with E-state index in [0.29, 0.717) is 11.6 Å². The number of carbonyl (C=O) groups is 1. The highest BCUT2D eigenvalue weighted by atomic mass is 35.5. The van der Waals surface area contributed by atoms with Crippen molar-refractivity contribution in [3.63, 3.8) is 0 Å². The van der Waals surface area contributed by atoms with Crippen LogP contribution in [0.25, 0.3) is 0 Å². The molecule has 0 aliphatic carbocycles. The topological polar surface area (TPSA) is 44.4 Å². The minimum Gasteiger partial charge on any atom is -0.325 e. The van der Waals surface area contributed by atoms with Crippen molar-refractivity contribution in [2.24, 2.45) is 0 Å². The first-order valence-corrected chi connectivity index (χ1v) is 7.02. The van der Waals surface area contributed by atoms with Gasteiger partial charge in [-0.15, -0.1) is 12.4 Å². The molecule has 1 saturated heterocycles. The van der Waals surface area contributed by atoms with Crippen molar-refractivity contribution in [2.75, 3.05) is 38.0 Å². The highest BCUT2D eigenvalue weighted by Gasteiger charge is 2.13. The molecular weight excluding hydrogens is 297 g/mol. The number of nitrogens with zero attached hydrogens (tertiary/aromatic N) is 1. The standard InChI is InChI=1S/C14H20ClN3O.ClH/c1-11-9-12(15)3-4-13(11)17-14(19)10-18-7-2-5-16-6-8-18;/h3-4,9,16H,2,5-8,10H2,1H3,(H,17,19);1H. The molecule has 2 rings (SSSR count). The van der Waals surface area contributed by atoms with Crippen LogP contribution >= 0.6 is 24.0 Å². The molecule has 0 saturated carbocycles. The van der Waals surface area contributed by atoms with E-state index in [9.17, 15) is 4.79 Å². The normalized spacial score (nSPS) is 16.1. The van der Waals surface area contributed by atoms with Crippen molar-refractivity contribution in [1.82, 2.24) is 10.2 Å². The lowest BCUT2D eigenvalue weighted by atomic mass is 10.2. The van der Waals surface area contributed by atoms with Crippen LogP contribution in [0.4, 0.5) is 5.69 Å². The highest BCUT2D eigenvalue weighted by molar-refractivity contribution is 6.30. The number of rotatable bonds is 3. The molecule has 0 spiro atoms. The summed E-state index contributed by atoms with van der Waals surface area (Å²) < 4.78 is 0. The molecule has 1 fully saturated rings. The number of halogens is 2. The molecule has 0 bridgehead atoms. The van der Waals surface area contributed by atoms with Gasteiger partial charge in [-0.1, -0.05) is 11.6 Å². The van der Waals surface area contributed by atoms with Gasteiger partial charge in [0.1, 0.15) is 0 Å². The number of amides is 1. The van der Waals surface area contributed by atoms with E-state index in [1.165, 1.54) is 0 Å². The van der Waals surface area contributed by atoms with E-state index in [1.54, 1.807) is 6.07 Å². The Morgan fingerprint density at radius 1 is 1.40 bits per heavy atom. The van der Waals surface area contributed by atoms with Gasteiger partial charge in [0.15, 0.2) is 0 Å². The van der Waals surface area contributed by atoms with Crippen molar-refractivity contribution in [3.05, 3.63) is 28.8 Å². The summed E-state index contributed by atoms with van der Waals surface area (Å²) in [4.78, 5) is 14.2. The summed E-state index contributed by atoms with van der Waals surface area (Å²) in [6.45, 7) is 6.27. The summed E-state index contributed by atoms with van der Waals surface area (Å²) >= 11 is 5.90. The van der Waals surface area contributed by atoms with Gasteiger partial charge in [0.05, 0.1) is 6.54 Å². The first kappa shape index (κ1) is 17.2. The number of hydrogen-bond acceptors (Lipinski definition) is 3. The van der Waals surface area contributed by atoms with Crippen molar-refractivity contribution in [1.29, 1.82) is 0 Å². The lowest BCUT2D eigenvalue weighted by molar-refractivity contribution is -0.117. The Bertz CT molecular complexity index is 446. The summed E-state index contributed by atoms with van der Waals surface area (Å²) in [5.74, 6) is 0.0346. The summed E-state index contributed by atoms with van der Waals surface area (Å²) in [5, 5.41) is 6.96. The van der Waals surface area contributed by atoms with Crippen molar-refractivity contribution < 1.29 is 4.79 Å². The van der Waals surface area contributed by atoms with Gasteiger partial charge in [0.2, 0.25) is 5.91 Å². The first-order chi connectivity index (χ1) is 9.15. The fourth-order valence-electron chi connectivity index (χ4n) is 2.22. The maximum atomic E-state index is 12.0. The van der Waals surface area contributed by atoms with Crippen LogP contribution in [-0.4, -0.2) is 43.5 Å². The molecule has 1 aromatic rings. The van der Waals surface area contributed by atoms with Crippen LogP contribution in [0, 0.1) is 6.92 Å². The molecular formula is C14H21Cl2N3O. The maximum Gasteiger partial charge on any atom is 0.238 e. The molecule has 1 aromatic carbocycles. The average molecular weight is 318 g/mol. The van der Waals surface area contributed by atoms with Crippen molar-refractivity contribution in [2.45, 2.75) is 13.3 Å². The van der Waals surface area contributed by atoms with Gasteiger partial charge in [0, 0.05) is 23.8 Å². The van der Waals surface area contributed by atoms with E-state index < -0.39 is 0 Å². The van der Waals surface area contributed by atoms with E-state index in [4.69, 9.17) is 11.6 Å². The van der Waals surface area contributed by atoms with Gasteiger partial charge in [-0.3, -0.25) is 9.69 Å². The number of benzene rings is 1. The van der Waals surface area contributed by atoms with Crippen LogP contribution in [0.3, 0.4) is 0 Å². The van der Waals surface area contributed by atoms with Gasteiger partial charge in [-0.05, 0) is 50.2 Å². The summed E-state index contributed by atoms with van der Waals surface area (Å²) in [6, 6.07) is 5.49. The monoisotopic (exact) mass is 317 g/mol. The zero-order valence-electron chi connectivity index (χ0n) is 11.6. The number of aryl methyl sites for hydroxylation is 1. The smallest absolute Gasteiger partial charge is 0.238 e. The Kier molecular flexibility index (Phi) is 7.30. The number of carbonyl (C=O) groups excluding carboxylic acids is 1. The van der Waals surface area contributed by atoms with Gasteiger partial charge < -0.3 is 10.6 Å². The first-order valence-electron chi connectivity index (χ1n) is 6.64. The summed E-state index contributed by atoms with van der Waals surface area (Å²) in [6.07, 6.45) is 1.09. The Hall–Kier alpha value is -0.810. The minimum atomic E-state index is 0. The van der Waals surface area contributed by atoms with Gasteiger partial charge in [0.25, 0.3) is 0 Å². The number of hydrogen-bond donors (Lipinski definition) is 2. The molecule has 1 aliphatic rings. The molecule has 0 aromatic heterocycles. The molecule has 4 nitrogen and oxygen atoms in total. The summed E-state index contributed by atoms with van der Waals surface area (Å²) in [5.41, 5.74) is 1.82. The third-order valence-corrected chi connectivity index (χ3v) is 3.50. The average Bonchev–Trinajstić information content (AvgIpc) is 2.61. The maximum absolute atomic E-state index is 12.0. The third-order valence-electron chi connectivity index (χ3n) is 3.26. The van der Waals surface area contributed by atoms with E-state index in [2.05, 4.69) is 15.5 Å². The Morgan fingerprint density at radius 2 is 2.20 bits per heavy atom. The predicted molar refractivity (Wildman–Crippen MR) is 86.0 cm³/mol. The number of nitrogens with one attached hydrogen (secondary N) is 2. The lowest BCUT2D eigenvalue weighted by Crippen LogP contribution is -2.35. The van der Waals surface area contributed by atoms with Gasteiger partial charge in [-0.2, -0.15) is 0 Å². The SMILES string of the molecule is Cc1cc(Cl)ccc1NC(=O)CN1CCCNCC1.Cl. The second-order valence-corrected chi connectivity index (χ2v) is 5.32. The van der Waals surface area contributed by atoms with Crippen LogP contribution in [0.5, 0.6) is 0 Å². The Labute approximate surface area is 131 Å². The molecule has 1 amide bonds. The van der Waals surface area contributed by atoms with Crippen LogP contribution in [0.15, 0.2) is 18.2 Å². The largest absolute Gasteiger partial charge is 0.325 e. The van der Waals surface area contributed by atoms with Crippen molar-refractivity contribution in [3.8, 4) is 0 Å². The zero-order chi connectivity index (χ0) is 13.7. The predicted octanol–water partition coefficient (Wildman–Crippen LogP) is 2.30. The molecule has 6 heteroatoms. The van der Waals surface area contributed by atoms with Gasteiger partial charge >= 0.3 is 0 Å². The van der Waals surface area contributed by atoms with Crippen molar-refractivity contribution >= 4 is 35.6 Å². The van der Waals surface area contributed by atoms with Crippen LogP contribution in [0.2, 0.25) is 5.02 Å². The lowest BCUT2D eigenvalue weighted by Gasteiger charge is -2.19. The highest BCUT2D eigenvalue weighted by Crippen LogP contribution is 2.19. The van der Waals surface area contributed by atoms with Crippen LogP contribution < -0.4 is 10.6 Å². The van der Waals surface area contributed by atoms with E-state index in [1.807, 2.05) is 19.1 Å². The molecule has 20 heavy (non-hydrogen) atoms. The molecule has 0 radical (unpaired) electrons. The molecule has 1 heterocycles. The van der Waals surface area contributed by atoms with Gasteiger partial charge in [-0.25, -0.2) is 0 Å².